The smallest absolute Gasteiger partial charge is 0.407 e. The minimum atomic E-state index is -0.653. The molecule has 9 heteroatoms. The van der Waals surface area contributed by atoms with E-state index in [1.165, 1.54) is 141 Å². The van der Waals surface area contributed by atoms with Crippen molar-refractivity contribution in [2.24, 2.45) is 5.73 Å². The van der Waals surface area contributed by atoms with Gasteiger partial charge in [0.15, 0.2) is 5.96 Å². The molecule has 0 radical (unpaired) electrons. The van der Waals surface area contributed by atoms with E-state index >= 15 is 0 Å². The average molecular weight is 674 g/mol. The molecular weight excluding hydrogens is 598 g/mol. The molecule has 0 aliphatic heterocycles. The van der Waals surface area contributed by atoms with Crippen molar-refractivity contribution in [3.05, 3.63) is 0 Å². The van der Waals surface area contributed by atoms with Gasteiger partial charge in [-0.15, -0.1) is 12.4 Å². The van der Waals surface area contributed by atoms with Crippen LogP contribution in [0.2, 0.25) is 0 Å². The topological polar surface area (TPSA) is 129 Å². The van der Waals surface area contributed by atoms with E-state index in [1.54, 1.807) is 0 Å². The molecule has 0 aliphatic carbocycles. The summed E-state index contributed by atoms with van der Waals surface area (Å²) in [5.74, 6) is -0.267. The number of nitrogens with two attached hydrogens (primary N) is 1. The monoisotopic (exact) mass is 674 g/mol. The highest BCUT2D eigenvalue weighted by atomic mass is 35.5. The van der Waals surface area contributed by atoms with Gasteiger partial charge in [-0.2, -0.15) is 0 Å². The molecule has 0 saturated heterocycles. The van der Waals surface area contributed by atoms with Crippen LogP contribution in [0.25, 0.3) is 0 Å². The van der Waals surface area contributed by atoms with Crippen molar-refractivity contribution in [3.63, 3.8) is 0 Å². The number of nitrogens with one attached hydrogen (secondary N) is 4. The van der Waals surface area contributed by atoms with Gasteiger partial charge in [0.1, 0.15) is 6.04 Å². The molecule has 8 nitrogen and oxygen atoms in total. The Bertz CT molecular complexity index is 683. The Morgan fingerprint density at radius 1 is 0.565 bits per heavy atom. The maximum absolute atomic E-state index is 12.8. The lowest BCUT2D eigenvalue weighted by atomic mass is 10.0. The lowest BCUT2D eigenvalue weighted by molar-refractivity contribution is -0.123. The van der Waals surface area contributed by atoms with Gasteiger partial charge in [-0.05, 0) is 25.7 Å². The lowest BCUT2D eigenvalue weighted by Crippen LogP contribution is -2.47. The Balaban J connectivity index is 0. The second-order valence-electron chi connectivity index (χ2n) is 13.1. The van der Waals surface area contributed by atoms with Crippen LogP contribution in [0.15, 0.2) is 0 Å². The summed E-state index contributed by atoms with van der Waals surface area (Å²) in [6, 6.07) is -0.653. The van der Waals surface area contributed by atoms with Crippen LogP contribution in [0.4, 0.5) is 4.79 Å². The van der Waals surface area contributed by atoms with Gasteiger partial charge in [0.25, 0.3) is 0 Å². The summed E-state index contributed by atoms with van der Waals surface area (Å²) in [5, 5.41) is 15.8. The second kappa shape index (κ2) is 37.8. The predicted molar refractivity (Wildman–Crippen MR) is 199 cm³/mol. The van der Waals surface area contributed by atoms with E-state index in [0.717, 1.165) is 25.7 Å². The van der Waals surface area contributed by atoms with E-state index in [0.29, 0.717) is 32.5 Å². The van der Waals surface area contributed by atoms with Crippen molar-refractivity contribution < 1.29 is 14.3 Å². The maximum Gasteiger partial charge on any atom is 0.407 e. The Morgan fingerprint density at radius 3 is 1.35 bits per heavy atom. The molecule has 274 valence electrons. The molecule has 1 atom stereocenters. The molecule has 0 bridgehead atoms. The summed E-state index contributed by atoms with van der Waals surface area (Å²) < 4.78 is 5.40. The highest BCUT2D eigenvalue weighted by Crippen LogP contribution is 2.14. The summed E-state index contributed by atoms with van der Waals surface area (Å²) in [6.07, 6.45) is 33.9. The molecule has 46 heavy (non-hydrogen) atoms. The summed E-state index contributed by atoms with van der Waals surface area (Å²) in [6.45, 7) is 6.00. The van der Waals surface area contributed by atoms with E-state index in [9.17, 15) is 9.59 Å². The second-order valence-corrected chi connectivity index (χ2v) is 13.1. The summed E-state index contributed by atoms with van der Waals surface area (Å²) >= 11 is 0. The van der Waals surface area contributed by atoms with E-state index < -0.39 is 12.1 Å². The minimum absolute atomic E-state index is 0. The van der Waals surface area contributed by atoms with E-state index in [2.05, 4.69) is 29.8 Å². The highest BCUT2D eigenvalue weighted by molar-refractivity contribution is 5.85. The van der Waals surface area contributed by atoms with Crippen LogP contribution in [0.5, 0.6) is 0 Å². The Labute approximate surface area is 290 Å². The van der Waals surface area contributed by atoms with Crippen LogP contribution in [-0.4, -0.2) is 43.7 Å². The van der Waals surface area contributed by atoms with Gasteiger partial charge in [0.05, 0.1) is 6.61 Å². The Kier molecular flexibility index (Phi) is 38.1. The number of guanidine groups is 1. The van der Waals surface area contributed by atoms with Gasteiger partial charge < -0.3 is 26.4 Å². The third kappa shape index (κ3) is 35.2. The van der Waals surface area contributed by atoms with Crippen molar-refractivity contribution in [2.75, 3.05) is 19.7 Å². The van der Waals surface area contributed by atoms with Crippen LogP contribution in [0, 0.1) is 5.41 Å². The number of carbonyl (C=O) groups is 2. The molecule has 0 saturated carbocycles. The zero-order chi connectivity index (χ0) is 33.1. The van der Waals surface area contributed by atoms with Gasteiger partial charge in [-0.25, -0.2) is 4.79 Å². The molecule has 2 amide bonds. The fourth-order valence-electron chi connectivity index (χ4n) is 5.74. The molecule has 0 aromatic carbocycles. The fourth-order valence-corrected chi connectivity index (χ4v) is 5.74. The van der Waals surface area contributed by atoms with Crippen LogP contribution in [-0.2, 0) is 9.53 Å². The Hall–Kier alpha value is -1.70. The molecule has 0 aliphatic rings. The van der Waals surface area contributed by atoms with E-state index in [-0.39, 0.29) is 24.3 Å². The normalized spacial score (nSPS) is 11.4. The molecule has 0 fully saturated rings. The predicted octanol–water partition coefficient (Wildman–Crippen LogP) is 10.1. The zero-order valence-corrected chi connectivity index (χ0v) is 31.0. The number of hydrogen-bond acceptors (Lipinski definition) is 4. The zero-order valence-electron chi connectivity index (χ0n) is 30.2. The van der Waals surface area contributed by atoms with Crippen LogP contribution in [0.1, 0.15) is 194 Å². The summed E-state index contributed by atoms with van der Waals surface area (Å²) in [7, 11) is 0. The number of hydrogen-bond donors (Lipinski definition) is 5. The first-order valence-corrected chi connectivity index (χ1v) is 19.3. The molecule has 0 aromatic rings. The third-order valence-electron chi connectivity index (χ3n) is 8.65. The number of unbranched alkanes of at least 4 members (excludes halogenated alkanes) is 24. The van der Waals surface area contributed by atoms with Crippen LogP contribution >= 0.6 is 12.4 Å². The van der Waals surface area contributed by atoms with Crippen molar-refractivity contribution >= 4 is 30.4 Å². The third-order valence-corrected chi connectivity index (χ3v) is 8.65. The molecule has 0 aromatic heterocycles. The number of amides is 2. The van der Waals surface area contributed by atoms with E-state index in [4.69, 9.17) is 15.9 Å². The van der Waals surface area contributed by atoms with Crippen molar-refractivity contribution in [2.45, 2.75) is 200 Å². The van der Waals surface area contributed by atoms with Gasteiger partial charge in [-0.1, -0.05) is 168 Å². The molecular formula is C37H76ClN5O3. The SMILES string of the molecule is CCCCCCCCCCCCCCCCCCOC(=O)N[C@@H](CCCNC(=N)N)C(=O)NCCCCCCCCCCCC.Cl. The van der Waals surface area contributed by atoms with Gasteiger partial charge in [-0.3, -0.25) is 10.2 Å². The number of halogens is 1. The number of carbonyl (C=O) groups excluding carboxylic acids is 2. The number of ether oxygens (including phenoxy) is 1. The minimum Gasteiger partial charge on any atom is -0.450 e. The summed E-state index contributed by atoms with van der Waals surface area (Å²) in [4.78, 5) is 25.3. The number of rotatable bonds is 34. The largest absolute Gasteiger partial charge is 0.450 e. The quantitative estimate of drug-likeness (QED) is 0.0264. The van der Waals surface area contributed by atoms with Crippen LogP contribution < -0.4 is 21.7 Å². The number of alkyl carbamates (subject to hydrolysis) is 1. The standard InChI is InChI=1S/C37H75N5O3.ClH/c1-3-5-7-9-11-13-15-16-17-18-19-20-22-24-26-28-33-45-37(44)42-34(30-29-32-41-36(38)39)35(43)40-31-27-25-23-21-14-12-10-8-6-4-2;/h34H,3-33H2,1-2H3,(H,40,43)(H,42,44)(H4,38,39,41);1H/t34-;/m0./s1. The molecule has 0 spiro atoms. The maximum atomic E-state index is 12.8. The Morgan fingerprint density at radius 2 is 0.935 bits per heavy atom. The van der Waals surface area contributed by atoms with Gasteiger partial charge in [0.2, 0.25) is 5.91 Å². The molecule has 0 heterocycles. The summed E-state index contributed by atoms with van der Waals surface area (Å²) in [5.41, 5.74) is 5.36. The first-order chi connectivity index (χ1) is 22.0. The first kappa shape index (κ1) is 46.4. The van der Waals surface area contributed by atoms with E-state index in [1.807, 2.05) is 0 Å². The van der Waals surface area contributed by atoms with Gasteiger partial charge >= 0.3 is 6.09 Å². The van der Waals surface area contributed by atoms with Crippen molar-refractivity contribution in [1.29, 1.82) is 5.41 Å². The average Bonchev–Trinajstić information content (AvgIpc) is 3.02. The first-order valence-electron chi connectivity index (χ1n) is 19.3. The highest BCUT2D eigenvalue weighted by Gasteiger charge is 2.20. The molecule has 6 N–H and O–H groups in total. The molecule has 0 unspecified atom stereocenters. The van der Waals surface area contributed by atoms with Crippen molar-refractivity contribution in [3.8, 4) is 0 Å². The fraction of sp³-hybridized carbons (Fsp3) is 0.919. The van der Waals surface area contributed by atoms with Crippen molar-refractivity contribution in [1.82, 2.24) is 16.0 Å². The molecule has 0 rings (SSSR count). The van der Waals surface area contributed by atoms with Crippen LogP contribution in [0.3, 0.4) is 0 Å². The van der Waals surface area contributed by atoms with Gasteiger partial charge in [0, 0.05) is 13.1 Å². The lowest BCUT2D eigenvalue weighted by Gasteiger charge is -2.18.